The van der Waals surface area contributed by atoms with Crippen molar-refractivity contribution in [3.05, 3.63) is 0 Å². The summed E-state index contributed by atoms with van der Waals surface area (Å²) < 4.78 is 147. The Hall–Kier alpha value is -2.56. The summed E-state index contributed by atoms with van der Waals surface area (Å²) in [5.41, 5.74) is 0. The van der Waals surface area contributed by atoms with E-state index in [1.54, 1.807) is 0 Å². The number of nitrogens with zero attached hydrogens (tertiary/aromatic N) is 2. The highest BCUT2D eigenvalue weighted by atomic mass is 19.4. The first-order chi connectivity index (χ1) is 12.1. The molecule has 0 bridgehead atoms. The molecule has 0 unspecified atom stereocenters. The summed E-state index contributed by atoms with van der Waals surface area (Å²) in [5.74, 6) is -14.4. The van der Waals surface area contributed by atoms with Crippen molar-refractivity contribution in [2.45, 2.75) is 24.7 Å². The molecule has 0 fully saturated rings. The van der Waals surface area contributed by atoms with Crippen molar-refractivity contribution in [1.82, 2.24) is 9.80 Å². The molecule has 0 N–H and O–H groups in total. The van der Waals surface area contributed by atoms with Gasteiger partial charge in [-0.2, -0.15) is 52.7 Å². The van der Waals surface area contributed by atoms with Crippen LogP contribution in [-0.2, 0) is 19.2 Å². The average molecular weight is 444 g/mol. The van der Waals surface area contributed by atoms with Crippen molar-refractivity contribution in [3.8, 4) is 0 Å². The second kappa shape index (κ2) is 7.82. The Morgan fingerprint density at radius 1 is 0.429 bits per heavy atom. The molecule has 0 aromatic rings. The van der Waals surface area contributed by atoms with Gasteiger partial charge < -0.3 is 0 Å². The summed E-state index contributed by atoms with van der Waals surface area (Å²) in [6.07, 6.45) is -24.8. The molecule has 4 amide bonds. The molecule has 0 radical (unpaired) electrons. The van der Waals surface area contributed by atoms with E-state index >= 15 is 0 Å². The van der Waals surface area contributed by atoms with Gasteiger partial charge in [0, 0.05) is 13.1 Å². The van der Waals surface area contributed by atoms with E-state index in [-0.39, 0.29) is 0 Å². The van der Waals surface area contributed by atoms with Gasteiger partial charge in [-0.05, 0) is 0 Å². The van der Waals surface area contributed by atoms with E-state index in [1.807, 2.05) is 0 Å². The predicted octanol–water partition coefficient (Wildman–Crippen LogP) is 1.95. The van der Waals surface area contributed by atoms with Gasteiger partial charge in [-0.3, -0.25) is 29.0 Å². The lowest BCUT2D eigenvalue weighted by Gasteiger charge is -2.27. The van der Waals surface area contributed by atoms with E-state index in [4.69, 9.17) is 0 Å². The first kappa shape index (κ1) is 25.4. The number of hydrogen-bond acceptors (Lipinski definition) is 4. The van der Waals surface area contributed by atoms with Crippen LogP contribution in [0, 0.1) is 0 Å². The number of alkyl halides is 12. The highest BCUT2D eigenvalue weighted by molar-refractivity contribution is 6.01. The molecule has 0 aliphatic heterocycles. The molecule has 0 atom stereocenters. The summed E-state index contributed by atoms with van der Waals surface area (Å²) in [7, 11) is 0. The second-order valence-electron chi connectivity index (χ2n) is 4.51. The van der Waals surface area contributed by atoms with Crippen molar-refractivity contribution in [3.63, 3.8) is 0 Å². The predicted molar refractivity (Wildman–Crippen MR) is 57.7 cm³/mol. The van der Waals surface area contributed by atoms with Gasteiger partial charge in [0.25, 0.3) is 0 Å². The third kappa shape index (κ3) is 6.55. The standard InChI is InChI=1S/C10H4F12N2O4/c11-7(12,13)3(25)23(4(26)8(14,15)16)1-2-24(5(27)9(17,18)19)6(28)10(20,21)22/h1-2H2. The summed E-state index contributed by atoms with van der Waals surface area (Å²) in [6.45, 7) is -4.92. The molecular formula is C10H4F12N2O4. The van der Waals surface area contributed by atoms with Crippen molar-refractivity contribution >= 4 is 23.6 Å². The van der Waals surface area contributed by atoms with Gasteiger partial charge in [0.05, 0.1) is 0 Å². The second-order valence-corrected chi connectivity index (χ2v) is 4.51. The molecule has 0 saturated heterocycles. The lowest BCUT2D eigenvalue weighted by molar-refractivity contribution is -0.208. The zero-order chi connectivity index (χ0) is 22.9. The minimum absolute atomic E-state index is 1.79. The average Bonchev–Trinajstić information content (AvgIpc) is 2.45. The highest BCUT2D eigenvalue weighted by Crippen LogP contribution is 2.27. The lowest BCUT2D eigenvalue weighted by Crippen LogP contribution is -2.56. The van der Waals surface area contributed by atoms with E-state index in [9.17, 15) is 71.9 Å². The summed E-state index contributed by atoms with van der Waals surface area (Å²) in [6, 6.07) is 0. The largest absolute Gasteiger partial charge is 0.471 e. The maximum atomic E-state index is 12.2. The van der Waals surface area contributed by atoms with E-state index in [1.165, 1.54) is 0 Å². The van der Waals surface area contributed by atoms with Crippen LogP contribution in [0.2, 0.25) is 0 Å². The van der Waals surface area contributed by atoms with E-state index < -0.39 is 71.2 Å². The Morgan fingerprint density at radius 3 is 0.679 bits per heavy atom. The van der Waals surface area contributed by atoms with Crippen LogP contribution in [-0.4, -0.2) is 71.2 Å². The molecular weight excluding hydrogens is 440 g/mol. The highest BCUT2D eigenvalue weighted by Gasteiger charge is 2.54. The molecule has 6 nitrogen and oxygen atoms in total. The van der Waals surface area contributed by atoms with Gasteiger partial charge in [-0.25, -0.2) is 0 Å². The fourth-order valence-corrected chi connectivity index (χ4v) is 1.40. The van der Waals surface area contributed by atoms with E-state index in [0.29, 0.717) is 0 Å². The minimum atomic E-state index is -6.20. The number of carbonyl (C=O) groups excluding carboxylic acids is 4. The molecule has 0 saturated carbocycles. The topological polar surface area (TPSA) is 74.8 Å². The molecule has 0 rings (SSSR count). The quantitative estimate of drug-likeness (QED) is 0.624. The van der Waals surface area contributed by atoms with E-state index in [0.717, 1.165) is 0 Å². The van der Waals surface area contributed by atoms with Gasteiger partial charge >= 0.3 is 48.3 Å². The monoisotopic (exact) mass is 444 g/mol. The van der Waals surface area contributed by atoms with Crippen molar-refractivity contribution in [2.24, 2.45) is 0 Å². The van der Waals surface area contributed by atoms with Gasteiger partial charge in [0.2, 0.25) is 0 Å². The molecule has 0 aliphatic carbocycles. The molecule has 162 valence electrons. The van der Waals surface area contributed by atoms with Crippen LogP contribution in [0.4, 0.5) is 52.7 Å². The van der Waals surface area contributed by atoms with Crippen LogP contribution in [0.15, 0.2) is 0 Å². The van der Waals surface area contributed by atoms with Crippen LogP contribution < -0.4 is 0 Å². The Kier molecular flexibility index (Phi) is 7.10. The van der Waals surface area contributed by atoms with E-state index in [2.05, 4.69) is 0 Å². The molecule has 0 aromatic carbocycles. The number of rotatable bonds is 3. The van der Waals surface area contributed by atoms with Crippen molar-refractivity contribution < 1.29 is 71.9 Å². The number of carbonyl (C=O) groups is 4. The number of imide groups is 2. The molecule has 0 spiro atoms. The van der Waals surface area contributed by atoms with Crippen molar-refractivity contribution in [2.75, 3.05) is 13.1 Å². The van der Waals surface area contributed by atoms with Gasteiger partial charge in [0.15, 0.2) is 0 Å². The number of hydrogen-bond donors (Lipinski definition) is 0. The Morgan fingerprint density at radius 2 is 0.571 bits per heavy atom. The first-order valence-electron chi connectivity index (χ1n) is 6.11. The smallest absolute Gasteiger partial charge is 0.265 e. The van der Waals surface area contributed by atoms with Crippen LogP contribution in [0.5, 0.6) is 0 Å². The normalized spacial score (nSPS) is 13.1. The Bertz CT molecular complexity index is 537. The first-order valence-corrected chi connectivity index (χ1v) is 6.11. The fraction of sp³-hybridized carbons (Fsp3) is 0.600. The Balaban J connectivity index is 5.94. The molecule has 0 aliphatic rings. The maximum absolute atomic E-state index is 12.2. The SMILES string of the molecule is O=C(N(CCN(C(=O)C(F)(F)F)C(=O)C(F)(F)F)C(=O)C(F)(F)F)C(F)(F)F. The van der Waals surface area contributed by atoms with Crippen LogP contribution in [0.1, 0.15) is 0 Å². The third-order valence-electron chi connectivity index (χ3n) is 2.50. The summed E-state index contributed by atoms with van der Waals surface area (Å²) in [4.78, 5) is 39.8. The molecule has 0 aromatic heterocycles. The molecule has 0 heterocycles. The number of halogens is 12. The van der Waals surface area contributed by atoms with Gasteiger partial charge in [0.1, 0.15) is 0 Å². The fourth-order valence-electron chi connectivity index (χ4n) is 1.40. The van der Waals surface area contributed by atoms with Crippen molar-refractivity contribution in [1.29, 1.82) is 0 Å². The van der Waals surface area contributed by atoms with Gasteiger partial charge in [-0.15, -0.1) is 0 Å². The zero-order valence-electron chi connectivity index (χ0n) is 12.5. The van der Waals surface area contributed by atoms with Crippen LogP contribution >= 0.6 is 0 Å². The van der Waals surface area contributed by atoms with Crippen LogP contribution in [0.25, 0.3) is 0 Å². The minimum Gasteiger partial charge on any atom is -0.265 e. The summed E-state index contributed by atoms with van der Waals surface area (Å²) >= 11 is 0. The maximum Gasteiger partial charge on any atom is 0.471 e. The van der Waals surface area contributed by atoms with Crippen LogP contribution in [0.3, 0.4) is 0 Å². The number of amides is 4. The lowest BCUT2D eigenvalue weighted by atomic mass is 10.3. The molecule has 28 heavy (non-hydrogen) atoms. The Labute approximate surface area is 144 Å². The zero-order valence-corrected chi connectivity index (χ0v) is 12.5. The third-order valence-corrected chi connectivity index (χ3v) is 2.50. The van der Waals surface area contributed by atoms with Gasteiger partial charge in [-0.1, -0.05) is 0 Å². The summed E-state index contributed by atoms with van der Waals surface area (Å²) in [5, 5.41) is 0. The molecule has 18 heteroatoms.